The lowest BCUT2D eigenvalue weighted by Crippen LogP contribution is -2.44. The van der Waals surface area contributed by atoms with Crippen molar-refractivity contribution in [1.82, 2.24) is 5.32 Å². The van der Waals surface area contributed by atoms with Crippen LogP contribution < -0.4 is 16.4 Å². The number of nitrogens with two attached hydrogens (primary N) is 1. The normalized spacial score (nSPS) is 22.9. The van der Waals surface area contributed by atoms with Crippen LogP contribution in [-0.4, -0.2) is 23.9 Å². The van der Waals surface area contributed by atoms with Crippen molar-refractivity contribution in [2.75, 3.05) is 5.32 Å². The van der Waals surface area contributed by atoms with Gasteiger partial charge in [0.2, 0.25) is 5.91 Å². The first-order valence-corrected chi connectivity index (χ1v) is 12.8. The number of hydrogen-bond acceptors (Lipinski definition) is 5. The second-order valence-corrected chi connectivity index (χ2v) is 11.5. The average Bonchev–Trinajstić information content (AvgIpc) is 3.43. The third kappa shape index (κ3) is 5.37. The first kappa shape index (κ1) is 28.6. The number of halogens is 4. The molecule has 0 saturated carbocycles. The van der Waals surface area contributed by atoms with E-state index in [1.807, 2.05) is 20.8 Å². The number of nitriles is 1. The van der Waals surface area contributed by atoms with E-state index in [4.69, 9.17) is 33.4 Å². The number of nitrogens with one attached hydrogen (secondary N) is 2. The molecule has 2 heterocycles. The van der Waals surface area contributed by atoms with E-state index < -0.39 is 46.9 Å². The number of furan rings is 1. The van der Waals surface area contributed by atoms with Crippen LogP contribution in [-0.2, 0) is 10.2 Å². The van der Waals surface area contributed by atoms with Gasteiger partial charge < -0.3 is 15.5 Å². The zero-order valence-electron chi connectivity index (χ0n) is 21.3. The Kier molecular flexibility index (Phi) is 7.77. The lowest BCUT2D eigenvalue weighted by atomic mass is 9.62. The molecule has 2 aromatic carbocycles. The van der Waals surface area contributed by atoms with Crippen LogP contribution in [0.5, 0.6) is 0 Å². The Morgan fingerprint density at radius 3 is 2.49 bits per heavy atom. The number of anilines is 1. The molecular weight excluding hydrogens is 549 g/mol. The van der Waals surface area contributed by atoms with Crippen LogP contribution in [0.3, 0.4) is 0 Å². The molecule has 2 amide bonds. The van der Waals surface area contributed by atoms with Crippen LogP contribution in [0.4, 0.5) is 14.7 Å². The third-order valence-corrected chi connectivity index (χ3v) is 7.35. The molecule has 1 fully saturated rings. The number of hydrogen-bond donors (Lipinski definition) is 3. The molecule has 0 aliphatic carbocycles. The fourth-order valence-corrected chi connectivity index (χ4v) is 5.63. The zero-order chi connectivity index (χ0) is 28.7. The van der Waals surface area contributed by atoms with Gasteiger partial charge in [0.25, 0.3) is 5.91 Å². The summed E-state index contributed by atoms with van der Waals surface area (Å²) in [5, 5.41) is 16.5. The second-order valence-electron chi connectivity index (χ2n) is 10.7. The minimum absolute atomic E-state index is 0.0372. The molecule has 4 rings (SSSR count). The molecular formula is C28H26Cl2F2N4O3. The predicted molar refractivity (Wildman–Crippen MR) is 143 cm³/mol. The van der Waals surface area contributed by atoms with Crippen LogP contribution in [0.15, 0.2) is 52.9 Å². The molecule has 1 aromatic heterocycles. The van der Waals surface area contributed by atoms with E-state index in [1.165, 1.54) is 42.5 Å². The zero-order valence-corrected chi connectivity index (χ0v) is 22.8. The Morgan fingerprint density at radius 1 is 1.18 bits per heavy atom. The maximum absolute atomic E-state index is 15.6. The summed E-state index contributed by atoms with van der Waals surface area (Å²) in [7, 11) is 0. The van der Waals surface area contributed by atoms with Gasteiger partial charge in [-0.25, -0.2) is 8.78 Å². The highest BCUT2D eigenvalue weighted by Crippen LogP contribution is 2.52. The highest BCUT2D eigenvalue weighted by Gasteiger charge is 2.61. The second kappa shape index (κ2) is 10.6. The van der Waals surface area contributed by atoms with Gasteiger partial charge in [0, 0.05) is 28.6 Å². The molecule has 11 heteroatoms. The van der Waals surface area contributed by atoms with Gasteiger partial charge in [0.15, 0.2) is 11.6 Å². The monoisotopic (exact) mass is 574 g/mol. The van der Waals surface area contributed by atoms with E-state index in [2.05, 4.69) is 16.7 Å². The van der Waals surface area contributed by atoms with Crippen molar-refractivity contribution < 1.29 is 22.8 Å². The number of rotatable bonds is 6. The number of benzene rings is 2. The Morgan fingerprint density at radius 2 is 1.90 bits per heavy atom. The van der Waals surface area contributed by atoms with E-state index in [1.54, 1.807) is 0 Å². The molecule has 4 atom stereocenters. The van der Waals surface area contributed by atoms with Crippen molar-refractivity contribution in [3.05, 3.63) is 87.1 Å². The number of carbonyl (C=O) groups is 2. The van der Waals surface area contributed by atoms with Crippen molar-refractivity contribution in [2.45, 2.75) is 50.6 Å². The fraction of sp³-hybridized carbons (Fsp3) is 0.321. The first-order valence-electron chi connectivity index (χ1n) is 12.1. The van der Waals surface area contributed by atoms with E-state index in [9.17, 15) is 14.9 Å². The molecule has 1 aliphatic rings. The standard InChI is InChI=1S/C28H26Cl2F2N4O3/c1-27(2,3)12-20-28(13-33,16-8-7-14(29)11-18(16)31)22(15-5-4-6-17(30)23(15)32)24(35-20)26(38)36-21-10-9-19(39-21)25(34)37/h4-11,20,22,24,35H,12H2,1-3H3,(H2,34,37)(H,36,38)/t20?,22-,24+,28-/m0/s1. The van der Waals surface area contributed by atoms with Crippen LogP contribution in [0.2, 0.25) is 10.0 Å². The van der Waals surface area contributed by atoms with Crippen LogP contribution in [0.25, 0.3) is 0 Å². The smallest absolute Gasteiger partial charge is 0.284 e. The van der Waals surface area contributed by atoms with E-state index in [0.29, 0.717) is 6.42 Å². The molecule has 1 saturated heterocycles. The summed E-state index contributed by atoms with van der Waals surface area (Å²) in [4.78, 5) is 25.2. The Bertz CT molecular complexity index is 1480. The summed E-state index contributed by atoms with van der Waals surface area (Å²) in [6.07, 6.45) is 0.317. The number of primary amides is 1. The summed E-state index contributed by atoms with van der Waals surface area (Å²) in [5.74, 6) is -4.63. The quantitative estimate of drug-likeness (QED) is 0.337. The minimum Gasteiger partial charge on any atom is -0.435 e. The summed E-state index contributed by atoms with van der Waals surface area (Å²) in [5.41, 5.74) is 3.00. The Balaban J connectivity index is 1.94. The fourth-order valence-electron chi connectivity index (χ4n) is 5.29. The van der Waals surface area contributed by atoms with Gasteiger partial charge in [-0.3, -0.25) is 14.9 Å². The molecule has 3 aromatic rings. The van der Waals surface area contributed by atoms with Crippen molar-refractivity contribution in [2.24, 2.45) is 11.1 Å². The van der Waals surface area contributed by atoms with Gasteiger partial charge in [-0.15, -0.1) is 0 Å². The highest BCUT2D eigenvalue weighted by molar-refractivity contribution is 6.31. The van der Waals surface area contributed by atoms with E-state index >= 15 is 8.78 Å². The van der Waals surface area contributed by atoms with Crippen LogP contribution in [0.1, 0.15) is 54.8 Å². The SMILES string of the molecule is CC(C)(C)CC1N[C@@H](C(=O)Nc2ccc(C(N)=O)o2)[C@H](c2cccc(Cl)c2F)[C@@]1(C#N)c1ccc(Cl)cc1F. The van der Waals surface area contributed by atoms with Gasteiger partial charge >= 0.3 is 0 Å². The largest absolute Gasteiger partial charge is 0.435 e. The van der Waals surface area contributed by atoms with Gasteiger partial charge in [-0.05, 0) is 41.7 Å². The first-order chi connectivity index (χ1) is 18.3. The Hall–Kier alpha value is -3.45. The lowest BCUT2D eigenvalue weighted by molar-refractivity contribution is -0.118. The van der Waals surface area contributed by atoms with E-state index in [0.717, 1.165) is 6.07 Å². The number of amides is 2. The van der Waals surface area contributed by atoms with Gasteiger partial charge in [-0.1, -0.05) is 62.2 Å². The Labute approximate surface area is 234 Å². The van der Waals surface area contributed by atoms with Gasteiger partial charge in [-0.2, -0.15) is 5.26 Å². The van der Waals surface area contributed by atoms with Crippen LogP contribution >= 0.6 is 23.2 Å². The lowest BCUT2D eigenvalue weighted by Gasteiger charge is -2.37. The maximum atomic E-state index is 15.6. The summed E-state index contributed by atoms with van der Waals surface area (Å²) in [6, 6.07) is 11.0. The summed E-state index contributed by atoms with van der Waals surface area (Å²) >= 11 is 12.2. The van der Waals surface area contributed by atoms with Crippen LogP contribution in [0, 0.1) is 28.4 Å². The summed E-state index contributed by atoms with van der Waals surface area (Å²) < 4.78 is 36.6. The molecule has 0 spiro atoms. The molecule has 39 heavy (non-hydrogen) atoms. The average molecular weight is 575 g/mol. The molecule has 1 aliphatic heterocycles. The van der Waals surface area contributed by atoms with Crippen molar-refractivity contribution >= 4 is 40.9 Å². The molecule has 204 valence electrons. The van der Waals surface area contributed by atoms with Gasteiger partial charge in [0.1, 0.15) is 17.0 Å². The molecule has 0 bridgehead atoms. The molecule has 0 radical (unpaired) electrons. The van der Waals surface area contributed by atoms with Crippen molar-refractivity contribution in [3.8, 4) is 6.07 Å². The molecule has 4 N–H and O–H groups in total. The summed E-state index contributed by atoms with van der Waals surface area (Å²) in [6.45, 7) is 5.81. The number of nitrogens with zero attached hydrogens (tertiary/aromatic N) is 1. The molecule has 7 nitrogen and oxygen atoms in total. The van der Waals surface area contributed by atoms with Gasteiger partial charge in [0.05, 0.1) is 17.1 Å². The predicted octanol–water partition coefficient (Wildman–Crippen LogP) is 5.92. The highest BCUT2D eigenvalue weighted by atomic mass is 35.5. The number of carbonyl (C=O) groups excluding carboxylic acids is 2. The van der Waals surface area contributed by atoms with E-state index in [-0.39, 0.29) is 38.2 Å². The third-order valence-electron chi connectivity index (χ3n) is 6.83. The minimum atomic E-state index is -1.77. The maximum Gasteiger partial charge on any atom is 0.284 e. The topological polar surface area (TPSA) is 121 Å². The van der Waals surface area contributed by atoms with Crippen molar-refractivity contribution in [1.29, 1.82) is 5.26 Å². The van der Waals surface area contributed by atoms with Crippen molar-refractivity contribution in [3.63, 3.8) is 0 Å². The molecule has 1 unspecified atom stereocenters.